The molecule has 1 aromatic rings. The Bertz CT molecular complexity index is 420. The van der Waals surface area contributed by atoms with Crippen molar-refractivity contribution in [3.8, 4) is 0 Å². The molecule has 1 saturated carbocycles. The van der Waals surface area contributed by atoms with Gasteiger partial charge in [0.15, 0.2) is 0 Å². The largest absolute Gasteiger partial charge is 0.481 e. The summed E-state index contributed by atoms with van der Waals surface area (Å²) < 4.78 is 0. The number of carbonyl (C=O) groups is 1. The molecule has 1 unspecified atom stereocenters. The standard InChI is InChI=1S/C13H16O2/c1-9-5-4-6-10(7-9)13(11(14)15)8-12(13,2)3/h4-7H,8H2,1-3H3,(H,14,15). The van der Waals surface area contributed by atoms with Gasteiger partial charge in [-0.2, -0.15) is 0 Å². The van der Waals surface area contributed by atoms with Gasteiger partial charge < -0.3 is 5.11 Å². The van der Waals surface area contributed by atoms with E-state index >= 15 is 0 Å². The quantitative estimate of drug-likeness (QED) is 0.804. The van der Waals surface area contributed by atoms with Crippen LogP contribution in [-0.4, -0.2) is 11.1 Å². The molecule has 2 rings (SSSR count). The Labute approximate surface area is 89.9 Å². The minimum Gasteiger partial charge on any atom is -0.481 e. The summed E-state index contributed by atoms with van der Waals surface area (Å²) >= 11 is 0. The van der Waals surface area contributed by atoms with E-state index in [0.717, 1.165) is 17.5 Å². The number of hydrogen-bond donors (Lipinski definition) is 1. The van der Waals surface area contributed by atoms with Gasteiger partial charge >= 0.3 is 5.97 Å². The van der Waals surface area contributed by atoms with E-state index < -0.39 is 11.4 Å². The van der Waals surface area contributed by atoms with Gasteiger partial charge in [0.1, 0.15) is 0 Å². The summed E-state index contributed by atoms with van der Waals surface area (Å²) in [6.45, 7) is 6.03. The van der Waals surface area contributed by atoms with Gasteiger partial charge in [-0.15, -0.1) is 0 Å². The molecule has 1 aliphatic rings. The highest BCUT2D eigenvalue weighted by atomic mass is 16.4. The number of benzene rings is 1. The summed E-state index contributed by atoms with van der Waals surface area (Å²) in [7, 11) is 0. The van der Waals surface area contributed by atoms with Crippen LogP contribution in [0.5, 0.6) is 0 Å². The van der Waals surface area contributed by atoms with Crippen molar-refractivity contribution in [1.82, 2.24) is 0 Å². The maximum atomic E-state index is 11.4. The van der Waals surface area contributed by atoms with E-state index in [1.165, 1.54) is 0 Å². The maximum Gasteiger partial charge on any atom is 0.314 e. The molecule has 1 aromatic carbocycles. The van der Waals surface area contributed by atoms with Crippen molar-refractivity contribution in [2.45, 2.75) is 32.6 Å². The predicted octanol–water partition coefficient (Wildman–Crippen LogP) is 2.75. The van der Waals surface area contributed by atoms with Crippen LogP contribution in [0.15, 0.2) is 24.3 Å². The van der Waals surface area contributed by atoms with Crippen molar-refractivity contribution in [3.05, 3.63) is 35.4 Å². The molecule has 0 amide bonds. The molecule has 1 aliphatic carbocycles. The third kappa shape index (κ3) is 1.28. The highest BCUT2D eigenvalue weighted by Gasteiger charge is 2.67. The highest BCUT2D eigenvalue weighted by Crippen LogP contribution is 2.64. The molecular formula is C13H16O2. The van der Waals surface area contributed by atoms with E-state index in [4.69, 9.17) is 0 Å². The minimum atomic E-state index is -0.696. The fourth-order valence-electron chi connectivity index (χ4n) is 2.51. The second-order valence-electron chi connectivity index (χ2n) is 5.14. The summed E-state index contributed by atoms with van der Waals surface area (Å²) in [5, 5.41) is 9.38. The fourth-order valence-corrected chi connectivity index (χ4v) is 2.51. The minimum absolute atomic E-state index is 0.118. The van der Waals surface area contributed by atoms with E-state index in [9.17, 15) is 9.90 Å². The monoisotopic (exact) mass is 204 g/mol. The van der Waals surface area contributed by atoms with Gasteiger partial charge in [-0.1, -0.05) is 43.7 Å². The maximum absolute atomic E-state index is 11.4. The molecule has 1 N–H and O–H groups in total. The molecule has 1 atom stereocenters. The number of carboxylic acids is 1. The summed E-state index contributed by atoms with van der Waals surface area (Å²) in [6.07, 6.45) is 0.735. The van der Waals surface area contributed by atoms with E-state index in [1.807, 2.05) is 45.0 Å². The normalized spacial score (nSPS) is 27.4. The highest BCUT2D eigenvalue weighted by molar-refractivity contribution is 5.87. The molecule has 15 heavy (non-hydrogen) atoms. The van der Waals surface area contributed by atoms with Crippen LogP contribution in [0, 0.1) is 12.3 Å². The van der Waals surface area contributed by atoms with Gasteiger partial charge in [0.25, 0.3) is 0 Å². The first-order chi connectivity index (χ1) is 6.90. The molecule has 0 saturated heterocycles. The number of aliphatic carboxylic acids is 1. The zero-order valence-electron chi connectivity index (χ0n) is 9.37. The first-order valence-electron chi connectivity index (χ1n) is 5.21. The van der Waals surface area contributed by atoms with Crippen LogP contribution in [0.3, 0.4) is 0 Å². The smallest absolute Gasteiger partial charge is 0.314 e. The SMILES string of the molecule is Cc1cccc(C2(C(=O)O)CC2(C)C)c1. The van der Waals surface area contributed by atoms with Gasteiger partial charge in [-0.05, 0) is 24.3 Å². The molecular weight excluding hydrogens is 188 g/mol. The Hall–Kier alpha value is -1.31. The summed E-state index contributed by atoms with van der Waals surface area (Å²) in [5.41, 5.74) is 1.29. The molecule has 0 aromatic heterocycles. The first kappa shape index (κ1) is 10.2. The van der Waals surface area contributed by atoms with Gasteiger partial charge in [-0.3, -0.25) is 4.79 Å². The van der Waals surface area contributed by atoms with Crippen LogP contribution in [-0.2, 0) is 10.2 Å². The molecule has 0 aliphatic heterocycles. The van der Waals surface area contributed by atoms with Crippen molar-refractivity contribution in [3.63, 3.8) is 0 Å². The van der Waals surface area contributed by atoms with Crippen LogP contribution in [0.4, 0.5) is 0 Å². The number of hydrogen-bond acceptors (Lipinski definition) is 1. The van der Waals surface area contributed by atoms with Crippen molar-refractivity contribution in [2.24, 2.45) is 5.41 Å². The lowest BCUT2D eigenvalue weighted by Crippen LogP contribution is -2.25. The topological polar surface area (TPSA) is 37.3 Å². The fraction of sp³-hybridized carbons (Fsp3) is 0.462. The van der Waals surface area contributed by atoms with Crippen molar-refractivity contribution in [2.75, 3.05) is 0 Å². The Morgan fingerprint density at radius 1 is 1.40 bits per heavy atom. The molecule has 2 nitrogen and oxygen atoms in total. The van der Waals surface area contributed by atoms with E-state index in [1.54, 1.807) is 0 Å². The summed E-state index contributed by atoms with van der Waals surface area (Å²) in [6, 6.07) is 7.84. The molecule has 0 radical (unpaired) electrons. The Morgan fingerprint density at radius 2 is 2.00 bits per heavy atom. The van der Waals surface area contributed by atoms with E-state index in [0.29, 0.717) is 0 Å². The third-order valence-electron chi connectivity index (χ3n) is 3.61. The molecule has 0 bridgehead atoms. The van der Waals surface area contributed by atoms with Gasteiger partial charge in [0.05, 0.1) is 5.41 Å². The Kier molecular flexibility index (Phi) is 1.94. The molecule has 0 heterocycles. The lowest BCUT2D eigenvalue weighted by Gasteiger charge is -2.16. The summed E-state index contributed by atoms with van der Waals surface area (Å²) in [5.74, 6) is -0.696. The molecule has 80 valence electrons. The zero-order chi connectivity index (χ0) is 11.3. The van der Waals surface area contributed by atoms with E-state index in [-0.39, 0.29) is 5.41 Å². The van der Waals surface area contributed by atoms with Crippen LogP contribution >= 0.6 is 0 Å². The first-order valence-corrected chi connectivity index (χ1v) is 5.21. The average molecular weight is 204 g/mol. The van der Waals surface area contributed by atoms with Crippen LogP contribution in [0.1, 0.15) is 31.4 Å². The second-order valence-corrected chi connectivity index (χ2v) is 5.14. The lowest BCUT2D eigenvalue weighted by molar-refractivity contribution is -0.141. The zero-order valence-corrected chi connectivity index (χ0v) is 9.37. The Balaban J connectivity index is 2.50. The number of aryl methyl sites for hydroxylation is 1. The van der Waals surface area contributed by atoms with Crippen molar-refractivity contribution in [1.29, 1.82) is 0 Å². The van der Waals surface area contributed by atoms with Crippen LogP contribution in [0.25, 0.3) is 0 Å². The number of rotatable bonds is 2. The van der Waals surface area contributed by atoms with Crippen LogP contribution in [0.2, 0.25) is 0 Å². The van der Waals surface area contributed by atoms with Gasteiger partial charge in [0.2, 0.25) is 0 Å². The lowest BCUT2D eigenvalue weighted by atomic mass is 9.87. The van der Waals surface area contributed by atoms with Crippen molar-refractivity contribution < 1.29 is 9.90 Å². The Morgan fingerprint density at radius 3 is 2.40 bits per heavy atom. The molecule has 2 heteroatoms. The van der Waals surface area contributed by atoms with Gasteiger partial charge in [-0.25, -0.2) is 0 Å². The summed E-state index contributed by atoms with van der Waals surface area (Å²) in [4.78, 5) is 11.4. The van der Waals surface area contributed by atoms with Gasteiger partial charge in [0, 0.05) is 0 Å². The van der Waals surface area contributed by atoms with Crippen LogP contribution < -0.4 is 0 Å². The number of carboxylic acid groups (broad SMARTS) is 1. The predicted molar refractivity (Wildman–Crippen MR) is 58.9 cm³/mol. The third-order valence-corrected chi connectivity index (χ3v) is 3.61. The van der Waals surface area contributed by atoms with Crippen molar-refractivity contribution >= 4 is 5.97 Å². The molecule has 0 spiro atoms. The average Bonchev–Trinajstić information content (AvgIpc) is 2.71. The molecule has 1 fully saturated rings. The van der Waals surface area contributed by atoms with E-state index in [2.05, 4.69) is 0 Å². The second kappa shape index (κ2) is 2.84.